The van der Waals surface area contributed by atoms with E-state index in [9.17, 15) is 12.8 Å². The van der Waals surface area contributed by atoms with Gasteiger partial charge in [0.1, 0.15) is 10.7 Å². The van der Waals surface area contributed by atoms with Crippen LogP contribution in [0.15, 0.2) is 23.1 Å². The zero-order valence-electron chi connectivity index (χ0n) is 11.6. The Morgan fingerprint density at radius 2 is 2.05 bits per heavy atom. The van der Waals surface area contributed by atoms with Gasteiger partial charge in [0.05, 0.1) is 6.61 Å². The predicted octanol–water partition coefficient (Wildman–Crippen LogP) is 0.690. The minimum atomic E-state index is -3.91. The van der Waals surface area contributed by atoms with Gasteiger partial charge in [-0.05, 0) is 49.5 Å². The maximum atomic E-state index is 13.8. The Labute approximate surface area is 123 Å². The number of halogens is 1. The molecule has 3 fully saturated rings. The summed E-state index contributed by atoms with van der Waals surface area (Å²) >= 11 is 0. The molecule has 1 aromatic carbocycles. The van der Waals surface area contributed by atoms with Gasteiger partial charge in [-0.3, -0.25) is 0 Å². The summed E-state index contributed by atoms with van der Waals surface area (Å²) in [6, 6.07) is 3.49. The quantitative estimate of drug-likeness (QED) is 0.858. The van der Waals surface area contributed by atoms with E-state index in [2.05, 4.69) is 9.62 Å². The number of sulfonamides is 1. The van der Waals surface area contributed by atoms with Crippen molar-refractivity contribution in [2.24, 2.45) is 5.92 Å². The first-order valence-corrected chi connectivity index (χ1v) is 8.62. The molecule has 21 heavy (non-hydrogen) atoms. The van der Waals surface area contributed by atoms with Crippen LogP contribution in [0.5, 0.6) is 0 Å². The second-order valence-electron chi connectivity index (χ2n) is 5.79. The Morgan fingerprint density at radius 3 is 2.62 bits per heavy atom. The second-order valence-corrected chi connectivity index (χ2v) is 7.47. The van der Waals surface area contributed by atoms with Gasteiger partial charge in [0.15, 0.2) is 0 Å². The third kappa shape index (κ3) is 2.96. The van der Waals surface area contributed by atoms with Crippen molar-refractivity contribution in [2.45, 2.75) is 30.4 Å². The van der Waals surface area contributed by atoms with Gasteiger partial charge >= 0.3 is 0 Å². The molecule has 0 aliphatic carbocycles. The summed E-state index contributed by atoms with van der Waals surface area (Å²) in [6.45, 7) is 2.39. The molecule has 7 heteroatoms. The number of fused-ring (bicyclic) bond motifs is 3. The molecule has 1 atom stereocenters. The summed E-state index contributed by atoms with van der Waals surface area (Å²) in [5, 5.41) is 9.08. The molecule has 1 aromatic rings. The number of aliphatic hydroxyl groups is 1. The molecular formula is C14H19FN2O3S. The Kier molecular flexibility index (Phi) is 4.00. The van der Waals surface area contributed by atoms with Crippen molar-refractivity contribution in [3.8, 4) is 0 Å². The van der Waals surface area contributed by atoms with Crippen LogP contribution in [0.4, 0.5) is 4.39 Å². The smallest absolute Gasteiger partial charge is 0.243 e. The monoisotopic (exact) mass is 314 g/mol. The summed E-state index contributed by atoms with van der Waals surface area (Å²) in [5.74, 6) is -0.463. The zero-order chi connectivity index (χ0) is 15.0. The molecule has 0 spiro atoms. The van der Waals surface area contributed by atoms with Crippen LogP contribution in [0.2, 0.25) is 0 Å². The van der Waals surface area contributed by atoms with Crippen LogP contribution in [0.25, 0.3) is 0 Å². The molecule has 0 aromatic heterocycles. The Hall–Kier alpha value is -1.02. The van der Waals surface area contributed by atoms with Crippen LogP contribution in [0.3, 0.4) is 0 Å². The minimum absolute atomic E-state index is 0.158. The summed E-state index contributed by atoms with van der Waals surface area (Å²) in [4.78, 5) is 1.85. The maximum Gasteiger partial charge on any atom is 0.243 e. The van der Waals surface area contributed by atoms with Crippen LogP contribution in [-0.2, 0) is 16.6 Å². The Bertz CT molecular complexity index is 627. The number of nitrogens with zero attached hydrogens (tertiary/aromatic N) is 1. The van der Waals surface area contributed by atoms with E-state index in [1.54, 1.807) is 0 Å². The van der Waals surface area contributed by atoms with Crippen molar-refractivity contribution in [3.05, 3.63) is 29.6 Å². The highest BCUT2D eigenvalue weighted by molar-refractivity contribution is 7.89. The lowest BCUT2D eigenvalue weighted by molar-refractivity contribution is 0.0827. The van der Waals surface area contributed by atoms with Crippen LogP contribution < -0.4 is 4.72 Å². The number of aliphatic hydroxyl groups excluding tert-OH is 1. The van der Waals surface area contributed by atoms with E-state index in [0.29, 0.717) is 18.0 Å². The standard InChI is InChI=1S/C14H19FN2O3S/c15-12-2-1-10(9-18)7-14(12)21(19,20)16-13-8-17-5-3-11(13)4-6-17/h1-2,7,11,13,16,18H,3-6,8-9H2. The molecule has 1 unspecified atom stereocenters. The zero-order valence-corrected chi connectivity index (χ0v) is 12.4. The number of piperidine rings is 3. The minimum Gasteiger partial charge on any atom is -0.392 e. The van der Waals surface area contributed by atoms with E-state index in [0.717, 1.165) is 32.0 Å². The normalized spacial score (nSPS) is 28.8. The van der Waals surface area contributed by atoms with Gasteiger partial charge in [-0.25, -0.2) is 17.5 Å². The summed E-state index contributed by atoms with van der Waals surface area (Å²) in [7, 11) is -3.91. The van der Waals surface area contributed by atoms with Crippen molar-refractivity contribution < 1.29 is 17.9 Å². The van der Waals surface area contributed by atoms with E-state index >= 15 is 0 Å². The highest BCUT2D eigenvalue weighted by Crippen LogP contribution is 2.29. The van der Waals surface area contributed by atoms with Crippen LogP contribution >= 0.6 is 0 Å². The predicted molar refractivity (Wildman–Crippen MR) is 75.6 cm³/mol. The largest absolute Gasteiger partial charge is 0.392 e. The number of benzene rings is 1. The topological polar surface area (TPSA) is 69.6 Å². The number of hydrogen-bond donors (Lipinski definition) is 2. The Morgan fingerprint density at radius 1 is 1.33 bits per heavy atom. The number of nitrogens with one attached hydrogen (secondary N) is 1. The Balaban J connectivity index is 1.84. The van der Waals surface area contributed by atoms with Crippen molar-refractivity contribution in [2.75, 3.05) is 19.6 Å². The van der Waals surface area contributed by atoms with Crippen molar-refractivity contribution >= 4 is 10.0 Å². The van der Waals surface area contributed by atoms with Crippen LogP contribution in [0, 0.1) is 11.7 Å². The molecule has 3 aliphatic rings. The molecule has 3 aliphatic heterocycles. The fourth-order valence-electron chi connectivity index (χ4n) is 3.21. The van der Waals surface area contributed by atoms with Crippen LogP contribution in [-0.4, -0.2) is 44.1 Å². The van der Waals surface area contributed by atoms with E-state index < -0.39 is 15.8 Å². The van der Waals surface area contributed by atoms with E-state index in [4.69, 9.17) is 5.11 Å². The van der Waals surface area contributed by atoms with Crippen molar-refractivity contribution in [3.63, 3.8) is 0 Å². The summed E-state index contributed by atoms with van der Waals surface area (Å²) < 4.78 is 41.3. The molecule has 3 saturated heterocycles. The molecule has 0 amide bonds. The third-order valence-electron chi connectivity index (χ3n) is 4.43. The fraction of sp³-hybridized carbons (Fsp3) is 0.571. The molecule has 5 nitrogen and oxygen atoms in total. The average Bonchev–Trinajstić information content (AvgIpc) is 2.48. The molecule has 4 rings (SSSR count). The molecule has 3 heterocycles. The molecule has 116 valence electrons. The SMILES string of the molecule is O=S(=O)(NC1CN2CCC1CC2)c1cc(CO)ccc1F. The molecular weight excluding hydrogens is 295 g/mol. The average molecular weight is 314 g/mol. The number of hydrogen-bond acceptors (Lipinski definition) is 4. The molecule has 2 N–H and O–H groups in total. The van der Waals surface area contributed by atoms with Crippen molar-refractivity contribution in [1.29, 1.82) is 0 Å². The highest BCUT2D eigenvalue weighted by Gasteiger charge is 2.37. The highest BCUT2D eigenvalue weighted by atomic mass is 32.2. The fourth-order valence-corrected chi connectivity index (χ4v) is 4.64. The van der Waals surface area contributed by atoms with Crippen molar-refractivity contribution in [1.82, 2.24) is 9.62 Å². The molecule has 2 bridgehead atoms. The first-order valence-electron chi connectivity index (χ1n) is 7.13. The van der Waals surface area contributed by atoms with E-state index in [1.165, 1.54) is 12.1 Å². The van der Waals surface area contributed by atoms with Gasteiger partial charge in [-0.15, -0.1) is 0 Å². The van der Waals surface area contributed by atoms with Gasteiger partial charge in [-0.2, -0.15) is 0 Å². The lowest BCUT2D eigenvalue weighted by Crippen LogP contribution is -2.57. The van der Waals surface area contributed by atoms with E-state index in [1.807, 2.05) is 0 Å². The first-order chi connectivity index (χ1) is 9.99. The maximum absolute atomic E-state index is 13.8. The van der Waals surface area contributed by atoms with Crippen LogP contribution in [0.1, 0.15) is 18.4 Å². The molecule has 0 radical (unpaired) electrons. The van der Waals surface area contributed by atoms with Gasteiger partial charge in [-0.1, -0.05) is 6.07 Å². The lowest BCUT2D eigenvalue weighted by atomic mass is 9.85. The first kappa shape index (κ1) is 14.9. The lowest BCUT2D eigenvalue weighted by Gasteiger charge is -2.44. The summed E-state index contributed by atoms with van der Waals surface area (Å²) in [6.07, 6.45) is 1.96. The van der Waals surface area contributed by atoms with Gasteiger partial charge in [0.2, 0.25) is 10.0 Å². The summed E-state index contributed by atoms with van der Waals surface area (Å²) in [5.41, 5.74) is 0.380. The third-order valence-corrected chi connectivity index (χ3v) is 5.94. The van der Waals surface area contributed by atoms with Gasteiger partial charge in [0.25, 0.3) is 0 Å². The van der Waals surface area contributed by atoms with Gasteiger partial charge < -0.3 is 10.0 Å². The molecule has 0 saturated carbocycles. The van der Waals surface area contributed by atoms with E-state index in [-0.39, 0.29) is 17.5 Å². The van der Waals surface area contributed by atoms with Gasteiger partial charge in [0, 0.05) is 12.6 Å². The second kappa shape index (κ2) is 5.64. The number of rotatable bonds is 4.